The lowest BCUT2D eigenvalue weighted by atomic mass is 10.1. The van der Waals surface area contributed by atoms with E-state index in [-0.39, 0.29) is 53.5 Å². The zero-order chi connectivity index (χ0) is 32.7. The molecule has 1 N–H and O–H groups in total. The molecule has 240 valence electrons. The Bertz CT molecular complexity index is 1610. The molecule has 3 aromatic rings. The lowest BCUT2D eigenvalue weighted by Crippen LogP contribution is -2.58. The molecule has 14 heteroatoms. The number of carboxylic acid groups (broad SMARTS) is 1. The van der Waals surface area contributed by atoms with Gasteiger partial charge in [0, 0.05) is 37.4 Å². The Hall–Kier alpha value is -3.29. The van der Waals surface area contributed by atoms with Gasteiger partial charge in [0.25, 0.3) is 0 Å². The fourth-order valence-electron chi connectivity index (χ4n) is 5.07. The molecule has 0 unspecified atom stereocenters. The van der Waals surface area contributed by atoms with Crippen LogP contribution in [0.3, 0.4) is 0 Å². The smallest absolute Gasteiger partial charge is 0.407 e. The normalized spacial score (nSPS) is 17.9. The first-order valence-corrected chi connectivity index (χ1v) is 18.0. The van der Waals surface area contributed by atoms with Crippen LogP contribution in [0.5, 0.6) is 5.75 Å². The van der Waals surface area contributed by atoms with Gasteiger partial charge in [0.15, 0.2) is 24.9 Å². The van der Waals surface area contributed by atoms with Crippen molar-refractivity contribution in [1.82, 2.24) is 24.4 Å². The van der Waals surface area contributed by atoms with Crippen molar-refractivity contribution in [1.29, 1.82) is 0 Å². The van der Waals surface area contributed by atoms with Crippen LogP contribution in [0.25, 0.3) is 16.7 Å². The molecule has 0 bridgehead atoms. The van der Waals surface area contributed by atoms with Crippen molar-refractivity contribution in [3.8, 4) is 11.4 Å². The standard InChI is InChI=1S/C30H42ClFN6O5Si/c1-17(2)23-24(22(10-11-33-23)42-12-13-43-44(8,9)30(5,6)7)38-27-20(14-21(32)25(31)34-27)26(35-28(38)39)36-15-19(4)37(29(40)41)16-18(36)3/h10-11,14,17-19H,12-13,15-16H2,1-9H3,(H,40,41)/t18-,19+/m0/s1. The number of hydrogen-bond donors (Lipinski definition) is 1. The monoisotopic (exact) mass is 648 g/mol. The number of hydrogen-bond acceptors (Lipinski definition) is 8. The summed E-state index contributed by atoms with van der Waals surface area (Å²) in [5.74, 6) is -0.319. The van der Waals surface area contributed by atoms with Gasteiger partial charge in [-0.05, 0) is 44.0 Å². The third-order valence-corrected chi connectivity index (χ3v) is 13.4. The van der Waals surface area contributed by atoms with Gasteiger partial charge in [0.1, 0.15) is 23.9 Å². The largest absolute Gasteiger partial charge is 0.489 e. The van der Waals surface area contributed by atoms with E-state index >= 15 is 0 Å². The van der Waals surface area contributed by atoms with Gasteiger partial charge in [-0.1, -0.05) is 46.2 Å². The van der Waals surface area contributed by atoms with Crippen molar-refractivity contribution in [2.45, 2.75) is 84.6 Å². The topological polar surface area (TPSA) is 123 Å². The summed E-state index contributed by atoms with van der Waals surface area (Å²) in [6.45, 7) is 19.3. The van der Waals surface area contributed by atoms with E-state index in [1.54, 1.807) is 19.2 Å². The molecular weight excluding hydrogens is 607 g/mol. The van der Waals surface area contributed by atoms with E-state index in [1.807, 2.05) is 25.7 Å². The maximum Gasteiger partial charge on any atom is 0.407 e. The summed E-state index contributed by atoms with van der Waals surface area (Å²) in [4.78, 5) is 42.2. The number of anilines is 1. The van der Waals surface area contributed by atoms with Crippen molar-refractivity contribution >= 4 is 42.9 Å². The van der Waals surface area contributed by atoms with Crippen LogP contribution in [-0.4, -0.2) is 82.3 Å². The molecule has 1 aliphatic rings. The second-order valence-corrected chi connectivity index (χ2v) is 18.3. The Morgan fingerprint density at radius 2 is 1.86 bits per heavy atom. The first kappa shape index (κ1) is 33.6. The van der Waals surface area contributed by atoms with Gasteiger partial charge in [-0.3, -0.25) is 4.98 Å². The number of piperazine rings is 1. The maximum absolute atomic E-state index is 15.0. The molecule has 4 heterocycles. The molecule has 0 radical (unpaired) electrons. The van der Waals surface area contributed by atoms with E-state index in [2.05, 4.69) is 48.8 Å². The summed E-state index contributed by atoms with van der Waals surface area (Å²) < 4.78 is 28.8. The van der Waals surface area contributed by atoms with E-state index in [1.165, 1.54) is 15.5 Å². The van der Waals surface area contributed by atoms with Gasteiger partial charge < -0.3 is 24.1 Å². The first-order valence-electron chi connectivity index (χ1n) is 14.8. The number of nitrogens with zero attached hydrogens (tertiary/aromatic N) is 6. The van der Waals surface area contributed by atoms with Gasteiger partial charge in [0.05, 0.1) is 17.7 Å². The van der Waals surface area contributed by atoms with Crippen LogP contribution in [-0.2, 0) is 4.43 Å². The predicted molar refractivity (Wildman–Crippen MR) is 172 cm³/mol. The van der Waals surface area contributed by atoms with Crippen LogP contribution in [0.1, 0.15) is 60.1 Å². The van der Waals surface area contributed by atoms with Gasteiger partial charge >= 0.3 is 11.8 Å². The van der Waals surface area contributed by atoms with Crippen LogP contribution >= 0.6 is 11.6 Å². The molecule has 0 saturated carbocycles. The molecule has 2 atom stereocenters. The highest BCUT2D eigenvalue weighted by atomic mass is 35.5. The van der Waals surface area contributed by atoms with Crippen LogP contribution < -0.4 is 15.3 Å². The molecule has 1 fully saturated rings. The highest BCUT2D eigenvalue weighted by Gasteiger charge is 2.37. The van der Waals surface area contributed by atoms with Gasteiger partial charge in [-0.15, -0.1) is 0 Å². The molecule has 4 rings (SSSR count). The summed E-state index contributed by atoms with van der Waals surface area (Å²) in [6, 6.07) is 2.13. The Labute approximate surface area is 263 Å². The second kappa shape index (κ2) is 12.6. The Balaban J connectivity index is 1.85. The average Bonchev–Trinajstić information content (AvgIpc) is 2.92. The van der Waals surface area contributed by atoms with Crippen LogP contribution in [0.15, 0.2) is 23.1 Å². The predicted octanol–water partition coefficient (Wildman–Crippen LogP) is 6.07. The van der Waals surface area contributed by atoms with Crippen molar-refractivity contribution in [3.05, 3.63) is 45.5 Å². The molecule has 0 aliphatic carbocycles. The number of rotatable bonds is 8. The molecular formula is C30H42ClFN6O5Si. The summed E-state index contributed by atoms with van der Waals surface area (Å²) in [5, 5.41) is 9.50. The quantitative estimate of drug-likeness (QED) is 0.176. The Morgan fingerprint density at radius 3 is 2.48 bits per heavy atom. The van der Waals surface area contributed by atoms with Crippen molar-refractivity contribution in [2.24, 2.45) is 0 Å². The average molecular weight is 649 g/mol. The zero-order valence-electron chi connectivity index (χ0n) is 26.8. The molecule has 1 amide bonds. The number of pyridine rings is 2. The second-order valence-electron chi connectivity index (χ2n) is 13.1. The van der Waals surface area contributed by atoms with Crippen molar-refractivity contribution in [3.63, 3.8) is 0 Å². The van der Waals surface area contributed by atoms with Gasteiger partial charge in [0.2, 0.25) is 0 Å². The lowest BCUT2D eigenvalue weighted by molar-refractivity contribution is 0.114. The molecule has 0 aromatic carbocycles. The third-order valence-electron chi connectivity index (χ3n) is 8.56. The third kappa shape index (κ3) is 6.54. The highest BCUT2D eigenvalue weighted by Crippen LogP contribution is 2.37. The van der Waals surface area contributed by atoms with E-state index in [0.29, 0.717) is 23.7 Å². The van der Waals surface area contributed by atoms with Crippen LogP contribution in [0.2, 0.25) is 23.3 Å². The minimum atomic E-state index is -2.01. The SMILES string of the molecule is CC(C)c1nccc(OCCO[Si](C)(C)C(C)(C)C)c1-n1c(=O)nc(N2C[C@@H](C)N(C(=O)O)C[C@@H]2C)c2cc(F)c(Cl)nc21. The maximum atomic E-state index is 15.0. The summed E-state index contributed by atoms with van der Waals surface area (Å²) in [5.41, 5.74) is 0.311. The van der Waals surface area contributed by atoms with Crippen molar-refractivity contribution in [2.75, 3.05) is 31.2 Å². The Morgan fingerprint density at radius 1 is 1.18 bits per heavy atom. The van der Waals surface area contributed by atoms with Gasteiger partial charge in [-0.2, -0.15) is 4.98 Å². The van der Waals surface area contributed by atoms with E-state index in [0.717, 1.165) is 0 Å². The number of aromatic nitrogens is 4. The molecule has 11 nitrogen and oxygen atoms in total. The summed E-state index contributed by atoms with van der Waals surface area (Å²) >= 11 is 6.20. The number of ether oxygens (including phenoxy) is 1. The fraction of sp³-hybridized carbons (Fsp3) is 0.567. The molecule has 3 aromatic heterocycles. The van der Waals surface area contributed by atoms with Crippen LogP contribution in [0.4, 0.5) is 15.0 Å². The van der Waals surface area contributed by atoms with Gasteiger partial charge in [-0.25, -0.2) is 23.5 Å². The molecule has 1 saturated heterocycles. The van der Waals surface area contributed by atoms with E-state index < -0.39 is 37.1 Å². The number of amides is 1. The van der Waals surface area contributed by atoms with Crippen LogP contribution in [0, 0.1) is 5.82 Å². The Kier molecular flexibility index (Phi) is 9.62. The molecule has 1 aliphatic heterocycles. The van der Waals surface area contributed by atoms with E-state index in [4.69, 9.17) is 20.8 Å². The minimum absolute atomic E-state index is 0.0368. The highest BCUT2D eigenvalue weighted by molar-refractivity contribution is 6.74. The fourth-order valence-corrected chi connectivity index (χ4v) is 6.23. The number of fused-ring (bicyclic) bond motifs is 1. The summed E-state index contributed by atoms with van der Waals surface area (Å²) in [6.07, 6.45) is 0.583. The van der Waals surface area contributed by atoms with E-state index in [9.17, 15) is 19.1 Å². The minimum Gasteiger partial charge on any atom is -0.489 e. The first-order chi connectivity index (χ1) is 20.4. The number of halogens is 2. The summed E-state index contributed by atoms with van der Waals surface area (Å²) in [7, 11) is -2.01. The van der Waals surface area contributed by atoms with Crippen molar-refractivity contribution < 1.29 is 23.5 Å². The molecule has 0 spiro atoms. The zero-order valence-corrected chi connectivity index (χ0v) is 28.6. The number of carbonyl (C=O) groups is 1. The lowest BCUT2D eigenvalue weighted by Gasteiger charge is -2.43. The molecule has 44 heavy (non-hydrogen) atoms.